The Bertz CT molecular complexity index is 1070. The highest BCUT2D eigenvalue weighted by Crippen LogP contribution is 2.34. The predicted molar refractivity (Wildman–Crippen MR) is 121 cm³/mol. The van der Waals surface area contributed by atoms with Gasteiger partial charge in [-0.2, -0.15) is 17.0 Å². The van der Waals surface area contributed by atoms with Crippen LogP contribution in [0.4, 0.5) is 0 Å². The highest BCUT2D eigenvalue weighted by atomic mass is 35.5. The van der Waals surface area contributed by atoms with Gasteiger partial charge in [0.05, 0.1) is 23.7 Å². The van der Waals surface area contributed by atoms with Crippen LogP contribution in [-0.4, -0.2) is 16.6 Å². The van der Waals surface area contributed by atoms with E-state index in [0.717, 1.165) is 33.7 Å². The van der Waals surface area contributed by atoms with Crippen LogP contribution in [0.15, 0.2) is 54.6 Å². The van der Waals surface area contributed by atoms with Gasteiger partial charge in [-0.1, -0.05) is 35.9 Å². The molecule has 0 aliphatic carbocycles. The van der Waals surface area contributed by atoms with Crippen LogP contribution in [0.25, 0.3) is 10.9 Å². The summed E-state index contributed by atoms with van der Waals surface area (Å²) < 4.78 is 5.95. The van der Waals surface area contributed by atoms with Gasteiger partial charge in [-0.3, -0.25) is 4.79 Å². The van der Waals surface area contributed by atoms with Crippen molar-refractivity contribution in [1.82, 2.24) is 4.98 Å². The quantitative estimate of drug-likeness (QED) is 0.426. The normalized spacial score (nSPS) is 11.7. The lowest BCUT2D eigenvalue weighted by Gasteiger charge is -2.15. The third kappa shape index (κ3) is 6.38. The monoisotopic (exact) mass is 439 g/mol. The Morgan fingerprint density at radius 1 is 1.23 bits per heavy atom. The number of amides is 1. The van der Waals surface area contributed by atoms with E-state index in [-0.39, 0.29) is 11.2 Å². The molecule has 0 bridgehead atoms. The number of benzene rings is 2. The molecule has 0 aliphatic rings. The Morgan fingerprint density at radius 3 is 2.87 bits per heavy atom. The van der Waals surface area contributed by atoms with E-state index >= 15 is 0 Å². The average molecular weight is 440 g/mol. The van der Waals surface area contributed by atoms with E-state index < -0.39 is 0 Å². The van der Waals surface area contributed by atoms with E-state index in [1.54, 1.807) is 11.8 Å². The van der Waals surface area contributed by atoms with Crippen LogP contribution in [0.5, 0.6) is 5.75 Å². The Morgan fingerprint density at radius 2 is 2.07 bits per heavy atom. The van der Waals surface area contributed by atoms with Gasteiger partial charge in [0, 0.05) is 22.1 Å². The Hall–Kier alpha value is -2.75. The van der Waals surface area contributed by atoms with E-state index in [0.29, 0.717) is 30.9 Å². The summed E-state index contributed by atoms with van der Waals surface area (Å²) in [6.45, 7) is 0.334. The van der Waals surface area contributed by atoms with E-state index in [9.17, 15) is 10.1 Å². The summed E-state index contributed by atoms with van der Waals surface area (Å²) >= 11 is 7.71. The number of thioether (sulfide) groups is 1. The van der Waals surface area contributed by atoms with Crippen LogP contribution < -0.4 is 10.5 Å². The first-order valence-electron chi connectivity index (χ1n) is 9.60. The number of nitriles is 1. The average Bonchev–Trinajstić information content (AvgIpc) is 2.74. The van der Waals surface area contributed by atoms with Crippen LogP contribution in [0.1, 0.15) is 35.8 Å². The minimum atomic E-state index is -0.299. The number of ether oxygens (including phenoxy) is 1. The lowest BCUT2D eigenvalue weighted by atomic mass is 10.1. The van der Waals surface area contributed by atoms with Crippen molar-refractivity contribution in [2.75, 3.05) is 5.75 Å². The zero-order valence-corrected chi connectivity index (χ0v) is 18.0. The number of carbonyl (C=O) groups excluding carboxylic acids is 1. The first-order valence-corrected chi connectivity index (χ1v) is 11.0. The topological polar surface area (TPSA) is 89.0 Å². The highest BCUT2D eigenvalue weighted by Gasteiger charge is 2.13. The lowest BCUT2D eigenvalue weighted by Crippen LogP contribution is -2.10. The molecule has 0 saturated heterocycles. The second-order valence-corrected chi connectivity index (χ2v) is 8.54. The molecule has 0 aliphatic heterocycles. The van der Waals surface area contributed by atoms with E-state index in [1.165, 1.54) is 0 Å². The van der Waals surface area contributed by atoms with E-state index in [2.05, 4.69) is 11.1 Å². The van der Waals surface area contributed by atoms with Crippen molar-refractivity contribution in [1.29, 1.82) is 5.26 Å². The van der Waals surface area contributed by atoms with E-state index in [4.69, 9.17) is 22.1 Å². The fourth-order valence-electron chi connectivity index (χ4n) is 3.00. The molecule has 1 unspecified atom stereocenters. The Balaban J connectivity index is 1.65. The standard InChI is InChI=1S/C23H22ClN3O2S/c24-18-8-6-16-7-9-19(27-21(16)14-18)15-29-20-4-1-3-17(13-20)22(10-11-25)30-12-2-5-23(26)28/h1,3-4,6-9,13-14,22H,2,5,10,12,15H2,(H2,26,28). The van der Waals surface area contributed by atoms with Crippen LogP contribution in [0.3, 0.4) is 0 Å². The molecule has 1 heterocycles. The zero-order valence-electron chi connectivity index (χ0n) is 16.4. The van der Waals surface area contributed by atoms with Gasteiger partial charge in [-0.15, -0.1) is 0 Å². The smallest absolute Gasteiger partial charge is 0.217 e. The van der Waals surface area contributed by atoms with E-state index in [1.807, 2.05) is 54.6 Å². The van der Waals surface area contributed by atoms with Gasteiger partial charge in [0.15, 0.2) is 0 Å². The molecule has 30 heavy (non-hydrogen) atoms. The van der Waals surface area contributed by atoms with Crippen molar-refractivity contribution >= 4 is 40.2 Å². The number of nitrogens with two attached hydrogens (primary N) is 1. The fourth-order valence-corrected chi connectivity index (χ4v) is 4.30. The molecular formula is C23H22ClN3O2S. The molecule has 1 atom stereocenters. The molecule has 0 saturated carbocycles. The molecule has 3 rings (SSSR count). The number of halogens is 1. The number of carbonyl (C=O) groups is 1. The van der Waals surface area contributed by atoms with Crippen LogP contribution in [0.2, 0.25) is 5.02 Å². The third-order valence-corrected chi connectivity index (χ3v) is 6.09. The maximum atomic E-state index is 10.9. The summed E-state index contributed by atoms with van der Waals surface area (Å²) in [7, 11) is 0. The number of aromatic nitrogens is 1. The maximum absolute atomic E-state index is 10.9. The van der Waals surface area contributed by atoms with Gasteiger partial charge >= 0.3 is 0 Å². The molecule has 5 nitrogen and oxygen atoms in total. The first kappa shape index (κ1) is 21.9. The van der Waals surface area contributed by atoms with Gasteiger partial charge in [0.25, 0.3) is 0 Å². The minimum Gasteiger partial charge on any atom is -0.487 e. The van der Waals surface area contributed by atoms with Crippen molar-refractivity contribution in [2.45, 2.75) is 31.1 Å². The number of rotatable bonds is 10. The fraction of sp³-hybridized carbons (Fsp3) is 0.261. The molecular weight excluding hydrogens is 418 g/mol. The third-order valence-electron chi connectivity index (χ3n) is 4.49. The number of pyridine rings is 1. The SMILES string of the molecule is N#CCC(SCCCC(N)=O)c1cccc(OCc2ccc3ccc(Cl)cc3n2)c1. The number of primary amides is 1. The molecule has 154 valence electrons. The van der Waals surface area contributed by atoms with Crippen LogP contribution >= 0.6 is 23.4 Å². The zero-order chi connectivity index (χ0) is 21.3. The molecule has 0 fully saturated rings. The maximum Gasteiger partial charge on any atom is 0.217 e. The molecule has 0 spiro atoms. The highest BCUT2D eigenvalue weighted by molar-refractivity contribution is 7.99. The lowest BCUT2D eigenvalue weighted by molar-refractivity contribution is -0.118. The summed E-state index contributed by atoms with van der Waals surface area (Å²) in [5.41, 5.74) is 7.86. The van der Waals surface area contributed by atoms with Crippen molar-refractivity contribution in [3.05, 3.63) is 70.9 Å². The molecule has 1 amide bonds. The first-order chi connectivity index (χ1) is 14.5. The second kappa shape index (κ2) is 10.9. The minimum absolute atomic E-state index is 0.0207. The summed E-state index contributed by atoms with van der Waals surface area (Å²) in [4.78, 5) is 15.5. The second-order valence-electron chi connectivity index (χ2n) is 6.79. The summed E-state index contributed by atoms with van der Waals surface area (Å²) in [5, 5.41) is 10.9. The van der Waals surface area contributed by atoms with Crippen LogP contribution in [0, 0.1) is 11.3 Å². The summed E-state index contributed by atoms with van der Waals surface area (Å²) in [6, 6.07) is 19.6. The molecule has 1 aromatic heterocycles. The predicted octanol–water partition coefficient (Wildman–Crippen LogP) is 5.42. The number of fused-ring (bicyclic) bond motifs is 1. The van der Waals surface area contributed by atoms with Crippen molar-refractivity contribution in [3.63, 3.8) is 0 Å². The summed E-state index contributed by atoms with van der Waals surface area (Å²) in [5.74, 6) is 1.19. The van der Waals surface area contributed by atoms with Crippen molar-refractivity contribution in [3.8, 4) is 11.8 Å². The summed E-state index contributed by atoms with van der Waals surface area (Å²) in [6.07, 6.45) is 1.45. The number of nitrogens with zero attached hydrogens (tertiary/aromatic N) is 2. The van der Waals surface area contributed by atoms with Gasteiger partial charge in [-0.05, 0) is 48.1 Å². The van der Waals surface area contributed by atoms with Crippen LogP contribution in [-0.2, 0) is 11.4 Å². The van der Waals surface area contributed by atoms with Crippen molar-refractivity contribution in [2.24, 2.45) is 5.73 Å². The van der Waals surface area contributed by atoms with Crippen molar-refractivity contribution < 1.29 is 9.53 Å². The molecule has 0 radical (unpaired) electrons. The van der Waals surface area contributed by atoms with Gasteiger partial charge in [0.2, 0.25) is 5.91 Å². The van der Waals surface area contributed by atoms with Gasteiger partial charge < -0.3 is 10.5 Å². The van der Waals surface area contributed by atoms with Gasteiger partial charge in [-0.25, -0.2) is 4.98 Å². The Kier molecular flexibility index (Phi) is 7.95. The van der Waals surface area contributed by atoms with Gasteiger partial charge in [0.1, 0.15) is 12.4 Å². The molecule has 3 aromatic rings. The molecule has 7 heteroatoms. The Labute approximate surface area is 185 Å². The number of hydrogen-bond acceptors (Lipinski definition) is 5. The number of hydrogen-bond donors (Lipinski definition) is 1. The molecule has 2 aromatic carbocycles. The largest absolute Gasteiger partial charge is 0.487 e. The molecule has 2 N–H and O–H groups in total.